The molecule has 3 N–H and O–H groups in total. The Kier molecular flexibility index (Phi) is 7.97. The van der Waals surface area contributed by atoms with Crippen molar-refractivity contribution >= 4 is 11.6 Å². The van der Waals surface area contributed by atoms with Crippen molar-refractivity contribution in [2.45, 2.75) is 39.5 Å². The number of fused-ring (bicyclic) bond motifs is 1. The molecule has 180 valence electrons. The molecule has 0 spiro atoms. The molecule has 0 bridgehead atoms. The number of hydrogen-bond acceptors (Lipinski definition) is 6. The summed E-state index contributed by atoms with van der Waals surface area (Å²) in [5.41, 5.74) is 8.64. The summed E-state index contributed by atoms with van der Waals surface area (Å²) in [6.07, 6.45) is 1.67. The minimum Gasteiger partial charge on any atom is -0.374 e. The van der Waals surface area contributed by atoms with Gasteiger partial charge in [-0.05, 0) is 31.0 Å². The molecule has 8 heteroatoms. The van der Waals surface area contributed by atoms with Crippen molar-refractivity contribution in [1.82, 2.24) is 19.9 Å². The third kappa shape index (κ3) is 5.90. The van der Waals surface area contributed by atoms with E-state index in [1.807, 2.05) is 60.7 Å². The lowest BCUT2D eigenvalue weighted by Gasteiger charge is -2.23. The molecule has 2 heterocycles. The van der Waals surface area contributed by atoms with E-state index < -0.39 is 11.6 Å². The molecule has 0 unspecified atom stereocenters. The SMILES string of the molecule is C.CC(C)(N)C(=O)N[C@H](COCc1ccccc1)c1nnc2c(-c3ccccc3)cc(C#N)cn12. The van der Waals surface area contributed by atoms with Gasteiger partial charge in [-0.3, -0.25) is 9.20 Å². The standard InChI is InChI=1S/C26H26N6O2.CH4/c1-26(2,28)25(33)29-22(17-34-16-18-9-5-3-6-10-18)24-31-30-23-21(20-11-7-4-8-12-20)13-19(14-27)15-32(23)24;/h3-13,15,22H,16-17,28H2,1-2H3,(H,29,33);1H4/t22-;/m1./s1. The molecule has 0 aliphatic carbocycles. The molecule has 1 atom stereocenters. The second-order valence-electron chi connectivity index (χ2n) is 8.62. The van der Waals surface area contributed by atoms with Gasteiger partial charge in [-0.15, -0.1) is 10.2 Å². The van der Waals surface area contributed by atoms with Crippen LogP contribution < -0.4 is 11.1 Å². The second kappa shape index (κ2) is 10.9. The number of benzene rings is 2. The summed E-state index contributed by atoms with van der Waals surface area (Å²) >= 11 is 0. The lowest BCUT2D eigenvalue weighted by atomic mass is 10.0. The monoisotopic (exact) mass is 470 g/mol. The maximum atomic E-state index is 12.7. The van der Waals surface area contributed by atoms with E-state index in [9.17, 15) is 10.1 Å². The van der Waals surface area contributed by atoms with Gasteiger partial charge in [-0.2, -0.15) is 5.26 Å². The fourth-order valence-corrected chi connectivity index (χ4v) is 3.53. The normalized spacial score (nSPS) is 11.9. The maximum Gasteiger partial charge on any atom is 0.240 e. The molecular formula is C27H30N6O2. The maximum absolute atomic E-state index is 12.7. The van der Waals surface area contributed by atoms with Crippen LogP contribution in [-0.2, 0) is 16.1 Å². The minimum atomic E-state index is -1.09. The number of ether oxygens (including phenoxy) is 1. The first-order valence-corrected chi connectivity index (χ1v) is 10.9. The fourth-order valence-electron chi connectivity index (χ4n) is 3.53. The van der Waals surface area contributed by atoms with Gasteiger partial charge >= 0.3 is 0 Å². The van der Waals surface area contributed by atoms with Crippen LogP contribution in [0.3, 0.4) is 0 Å². The van der Waals surface area contributed by atoms with Crippen LogP contribution in [0.4, 0.5) is 0 Å². The largest absolute Gasteiger partial charge is 0.374 e. The lowest BCUT2D eigenvalue weighted by molar-refractivity contribution is -0.126. The van der Waals surface area contributed by atoms with E-state index in [2.05, 4.69) is 21.6 Å². The highest BCUT2D eigenvalue weighted by Gasteiger charge is 2.28. The highest BCUT2D eigenvalue weighted by Crippen LogP contribution is 2.27. The fraction of sp³-hybridized carbons (Fsp3) is 0.259. The molecule has 0 saturated heterocycles. The lowest BCUT2D eigenvalue weighted by Crippen LogP contribution is -2.50. The average molecular weight is 471 g/mol. The van der Waals surface area contributed by atoms with Crippen molar-refractivity contribution in [2.75, 3.05) is 6.61 Å². The first-order chi connectivity index (χ1) is 16.4. The molecule has 4 rings (SSSR count). The Morgan fingerprint density at radius 1 is 1.14 bits per heavy atom. The number of carbonyl (C=O) groups excluding carboxylic acids is 1. The van der Waals surface area contributed by atoms with Crippen molar-refractivity contribution < 1.29 is 9.53 Å². The summed E-state index contributed by atoms with van der Waals surface area (Å²) in [6.45, 7) is 3.78. The van der Waals surface area contributed by atoms with Crippen LogP contribution in [0.5, 0.6) is 0 Å². The Morgan fingerprint density at radius 2 is 1.80 bits per heavy atom. The van der Waals surface area contributed by atoms with Crippen molar-refractivity contribution in [3.05, 3.63) is 89.9 Å². The van der Waals surface area contributed by atoms with E-state index in [1.165, 1.54) is 0 Å². The zero-order chi connectivity index (χ0) is 24.1. The molecule has 0 aliphatic rings. The summed E-state index contributed by atoms with van der Waals surface area (Å²) in [5.74, 6) is 0.104. The number of aromatic nitrogens is 3. The highest BCUT2D eigenvalue weighted by molar-refractivity contribution is 5.85. The first kappa shape index (κ1) is 25.6. The van der Waals surface area contributed by atoms with Gasteiger partial charge in [-0.1, -0.05) is 68.1 Å². The molecule has 0 radical (unpaired) electrons. The van der Waals surface area contributed by atoms with E-state index in [0.717, 1.165) is 16.7 Å². The van der Waals surface area contributed by atoms with Gasteiger partial charge in [0.25, 0.3) is 0 Å². The Morgan fingerprint density at radius 3 is 2.43 bits per heavy atom. The van der Waals surface area contributed by atoms with Crippen molar-refractivity contribution in [2.24, 2.45) is 5.73 Å². The molecule has 35 heavy (non-hydrogen) atoms. The Bertz CT molecular complexity index is 1320. The van der Waals surface area contributed by atoms with Gasteiger partial charge < -0.3 is 15.8 Å². The summed E-state index contributed by atoms with van der Waals surface area (Å²) in [5, 5.41) is 21.4. The summed E-state index contributed by atoms with van der Waals surface area (Å²) in [7, 11) is 0. The highest BCUT2D eigenvalue weighted by atomic mass is 16.5. The van der Waals surface area contributed by atoms with Gasteiger partial charge in [0.2, 0.25) is 5.91 Å². The van der Waals surface area contributed by atoms with Crippen LogP contribution >= 0.6 is 0 Å². The van der Waals surface area contributed by atoms with Gasteiger partial charge in [0.15, 0.2) is 11.5 Å². The van der Waals surface area contributed by atoms with E-state index in [0.29, 0.717) is 23.6 Å². The van der Waals surface area contributed by atoms with Crippen LogP contribution in [0.15, 0.2) is 72.9 Å². The van der Waals surface area contributed by atoms with Gasteiger partial charge in [-0.25, -0.2) is 0 Å². The number of rotatable bonds is 8. The summed E-state index contributed by atoms with van der Waals surface area (Å²) in [4.78, 5) is 12.7. The summed E-state index contributed by atoms with van der Waals surface area (Å²) < 4.78 is 7.68. The van der Waals surface area contributed by atoms with Gasteiger partial charge in [0, 0.05) is 11.8 Å². The number of nitrogens with one attached hydrogen (secondary N) is 1. The zero-order valence-corrected chi connectivity index (χ0v) is 19.1. The smallest absolute Gasteiger partial charge is 0.240 e. The van der Waals surface area contributed by atoms with Crippen LogP contribution in [0.2, 0.25) is 0 Å². The number of pyridine rings is 1. The van der Waals surface area contributed by atoms with E-state index in [4.69, 9.17) is 10.5 Å². The topological polar surface area (TPSA) is 118 Å². The summed E-state index contributed by atoms with van der Waals surface area (Å²) in [6, 6.07) is 22.8. The molecule has 2 aromatic carbocycles. The van der Waals surface area contributed by atoms with Crippen LogP contribution in [0.1, 0.15) is 44.3 Å². The second-order valence-corrected chi connectivity index (χ2v) is 8.62. The van der Waals surface area contributed by atoms with E-state index in [1.54, 1.807) is 30.5 Å². The zero-order valence-electron chi connectivity index (χ0n) is 19.1. The molecule has 0 fully saturated rings. The molecular weight excluding hydrogens is 440 g/mol. The molecule has 8 nitrogen and oxygen atoms in total. The Balaban J connectivity index is 0.00000342. The van der Waals surface area contributed by atoms with Crippen LogP contribution in [0.25, 0.3) is 16.8 Å². The minimum absolute atomic E-state index is 0. The van der Waals surface area contributed by atoms with Crippen LogP contribution in [-0.4, -0.2) is 32.7 Å². The Hall–Kier alpha value is -4.06. The molecule has 4 aromatic rings. The third-order valence-corrected chi connectivity index (χ3v) is 5.34. The molecule has 1 amide bonds. The Labute approximate surface area is 205 Å². The van der Waals surface area contributed by atoms with Crippen molar-refractivity contribution in [1.29, 1.82) is 5.26 Å². The van der Waals surface area contributed by atoms with Crippen LogP contribution in [0, 0.1) is 11.3 Å². The number of nitrogens with zero attached hydrogens (tertiary/aromatic N) is 4. The van der Waals surface area contributed by atoms with Gasteiger partial charge in [0.1, 0.15) is 12.1 Å². The van der Waals surface area contributed by atoms with Crippen molar-refractivity contribution in [3.63, 3.8) is 0 Å². The number of nitrogens with two attached hydrogens (primary N) is 1. The number of carbonyl (C=O) groups is 1. The molecule has 2 aromatic heterocycles. The third-order valence-electron chi connectivity index (χ3n) is 5.34. The molecule has 0 saturated carbocycles. The molecule has 0 aliphatic heterocycles. The average Bonchev–Trinajstić information content (AvgIpc) is 3.27. The van der Waals surface area contributed by atoms with E-state index >= 15 is 0 Å². The van der Waals surface area contributed by atoms with Gasteiger partial charge in [0.05, 0.1) is 24.3 Å². The van der Waals surface area contributed by atoms with Crippen molar-refractivity contribution in [3.8, 4) is 17.2 Å². The number of nitriles is 1. The first-order valence-electron chi connectivity index (χ1n) is 10.9. The quantitative estimate of drug-likeness (QED) is 0.402. The van der Waals surface area contributed by atoms with E-state index in [-0.39, 0.29) is 19.9 Å². The predicted molar refractivity (Wildman–Crippen MR) is 135 cm³/mol. The number of hydrogen-bond donors (Lipinski definition) is 2. The predicted octanol–water partition coefficient (Wildman–Crippen LogP) is 4.02. The number of amides is 1.